The number of hydrazone groups is 1. The van der Waals surface area contributed by atoms with E-state index >= 15 is 0 Å². The summed E-state index contributed by atoms with van der Waals surface area (Å²) in [6.07, 6.45) is 2.47. The molecule has 0 saturated carbocycles. The maximum atomic E-state index is 12.1. The van der Waals surface area contributed by atoms with Crippen LogP contribution in [0.2, 0.25) is 0 Å². The number of ether oxygens (including phenoxy) is 2. The van der Waals surface area contributed by atoms with Crippen molar-refractivity contribution in [1.29, 1.82) is 0 Å². The van der Waals surface area contributed by atoms with Crippen molar-refractivity contribution in [2.24, 2.45) is 5.10 Å². The largest absolute Gasteiger partial charge is 0.493 e. The molecule has 1 amide bonds. The first kappa shape index (κ1) is 19.0. The Morgan fingerprint density at radius 2 is 2.08 bits per heavy atom. The van der Waals surface area contributed by atoms with Gasteiger partial charge in [0.25, 0.3) is 5.91 Å². The normalized spacial score (nSPS) is 10.7. The lowest BCUT2D eigenvalue weighted by Crippen LogP contribution is -2.18. The molecule has 0 aliphatic carbocycles. The van der Waals surface area contributed by atoms with Crippen LogP contribution >= 0.6 is 15.9 Å². The third-order valence-electron chi connectivity index (χ3n) is 3.47. The van der Waals surface area contributed by atoms with Gasteiger partial charge in [-0.05, 0) is 58.6 Å². The lowest BCUT2D eigenvalue weighted by atomic mass is 10.1. The minimum absolute atomic E-state index is 0.247. The van der Waals surface area contributed by atoms with Crippen LogP contribution in [0.4, 0.5) is 0 Å². The predicted molar refractivity (Wildman–Crippen MR) is 103 cm³/mol. The molecule has 2 rings (SSSR count). The van der Waals surface area contributed by atoms with E-state index in [0.29, 0.717) is 23.7 Å². The van der Waals surface area contributed by atoms with Crippen molar-refractivity contribution in [3.8, 4) is 11.5 Å². The van der Waals surface area contributed by atoms with E-state index in [9.17, 15) is 4.79 Å². The molecule has 2 aromatic carbocycles. The molecule has 0 aromatic heterocycles. The van der Waals surface area contributed by atoms with Crippen molar-refractivity contribution in [2.75, 3.05) is 13.7 Å². The molecule has 0 bridgehead atoms. The van der Waals surface area contributed by atoms with Gasteiger partial charge in [0.1, 0.15) is 0 Å². The molecular formula is C19H21BrN2O3. The van der Waals surface area contributed by atoms with E-state index in [-0.39, 0.29) is 5.91 Å². The van der Waals surface area contributed by atoms with Crippen molar-refractivity contribution in [3.05, 3.63) is 57.6 Å². The van der Waals surface area contributed by atoms with Crippen LogP contribution in [0.1, 0.15) is 34.8 Å². The molecule has 25 heavy (non-hydrogen) atoms. The van der Waals surface area contributed by atoms with E-state index in [1.165, 1.54) is 0 Å². The highest BCUT2D eigenvalue weighted by molar-refractivity contribution is 9.10. The maximum Gasteiger partial charge on any atom is 0.271 e. The highest BCUT2D eigenvalue weighted by Gasteiger charge is 2.11. The van der Waals surface area contributed by atoms with Crippen LogP contribution in [0.3, 0.4) is 0 Å². The molecule has 132 valence electrons. The number of nitrogens with one attached hydrogen (secondary N) is 1. The first-order chi connectivity index (χ1) is 12.1. The van der Waals surface area contributed by atoms with Crippen molar-refractivity contribution in [3.63, 3.8) is 0 Å². The van der Waals surface area contributed by atoms with Gasteiger partial charge in [-0.3, -0.25) is 4.79 Å². The quantitative estimate of drug-likeness (QED) is 0.552. The van der Waals surface area contributed by atoms with E-state index in [1.54, 1.807) is 25.5 Å². The highest BCUT2D eigenvalue weighted by Crippen LogP contribution is 2.36. The zero-order valence-electron chi connectivity index (χ0n) is 14.5. The molecular weight excluding hydrogens is 384 g/mol. The molecule has 0 fully saturated rings. The van der Waals surface area contributed by atoms with Crippen molar-refractivity contribution < 1.29 is 14.3 Å². The van der Waals surface area contributed by atoms with Crippen LogP contribution in [-0.4, -0.2) is 25.8 Å². The fourth-order valence-electron chi connectivity index (χ4n) is 2.21. The lowest BCUT2D eigenvalue weighted by Gasteiger charge is -2.12. The average Bonchev–Trinajstić information content (AvgIpc) is 2.60. The maximum absolute atomic E-state index is 12.1. The molecule has 0 spiro atoms. The Morgan fingerprint density at radius 3 is 2.76 bits per heavy atom. The van der Waals surface area contributed by atoms with Gasteiger partial charge >= 0.3 is 0 Å². The van der Waals surface area contributed by atoms with Crippen LogP contribution in [0.5, 0.6) is 11.5 Å². The van der Waals surface area contributed by atoms with Gasteiger partial charge in [-0.25, -0.2) is 5.43 Å². The number of hydrogen-bond acceptors (Lipinski definition) is 4. The van der Waals surface area contributed by atoms with Gasteiger partial charge in [0.15, 0.2) is 11.5 Å². The molecule has 6 heteroatoms. The van der Waals surface area contributed by atoms with E-state index < -0.39 is 0 Å². The summed E-state index contributed by atoms with van der Waals surface area (Å²) >= 11 is 3.48. The number of nitrogens with zero attached hydrogens (tertiary/aromatic N) is 1. The number of carbonyl (C=O) groups is 1. The number of amides is 1. The fraction of sp³-hybridized carbons (Fsp3) is 0.263. The lowest BCUT2D eigenvalue weighted by molar-refractivity contribution is 0.0954. The molecule has 0 atom stereocenters. The first-order valence-electron chi connectivity index (χ1n) is 7.96. The van der Waals surface area contributed by atoms with Gasteiger partial charge in [-0.1, -0.05) is 25.1 Å². The fourth-order valence-corrected chi connectivity index (χ4v) is 2.79. The first-order valence-corrected chi connectivity index (χ1v) is 8.75. The molecule has 0 radical (unpaired) electrons. The minimum Gasteiger partial charge on any atom is -0.493 e. The monoisotopic (exact) mass is 404 g/mol. The van der Waals surface area contributed by atoms with E-state index in [1.807, 2.05) is 38.1 Å². The number of aryl methyl sites for hydroxylation is 1. The average molecular weight is 405 g/mol. The standard InChI is InChI=1S/C19H21BrN2O3/c1-4-9-25-18-16(20)10-14(11-17(18)24-3)12-21-22-19(23)15-8-6-5-7-13(15)2/h5-8,10-12H,4,9H2,1-3H3,(H,22,23)/b21-12-. The predicted octanol–water partition coefficient (Wildman–Crippen LogP) is 4.32. The van der Waals surface area contributed by atoms with Crippen molar-refractivity contribution >= 4 is 28.1 Å². The Kier molecular flexibility index (Phi) is 7.01. The summed E-state index contributed by atoms with van der Waals surface area (Å²) in [7, 11) is 1.58. The number of carbonyl (C=O) groups excluding carboxylic acids is 1. The number of rotatable bonds is 7. The zero-order valence-corrected chi connectivity index (χ0v) is 16.1. The van der Waals surface area contributed by atoms with Crippen molar-refractivity contribution in [1.82, 2.24) is 5.43 Å². The van der Waals surface area contributed by atoms with Crippen LogP contribution in [0.25, 0.3) is 0 Å². The van der Waals surface area contributed by atoms with Crippen molar-refractivity contribution in [2.45, 2.75) is 20.3 Å². The second kappa shape index (κ2) is 9.22. The molecule has 5 nitrogen and oxygen atoms in total. The minimum atomic E-state index is -0.247. The smallest absolute Gasteiger partial charge is 0.271 e. The van der Waals surface area contributed by atoms with Gasteiger partial charge in [-0.15, -0.1) is 0 Å². The second-order valence-electron chi connectivity index (χ2n) is 5.40. The Morgan fingerprint density at radius 1 is 1.32 bits per heavy atom. The highest BCUT2D eigenvalue weighted by atomic mass is 79.9. The summed E-state index contributed by atoms with van der Waals surface area (Å²) in [5.74, 6) is 1.02. The molecule has 0 saturated heterocycles. The van der Waals surface area contributed by atoms with Crippen LogP contribution in [0.15, 0.2) is 46.0 Å². The third-order valence-corrected chi connectivity index (χ3v) is 4.06. The van der Waals surface area contributed by atoms with E-state index in [4.69, 9.17) is 9.47 Å². The molecule has 0 unspecified atom stereocenters. The molecule has 1 N–H and O–H groups in total. The summed E-state index contributed by atoms with van der Waals surface area (Å²) in [6, 6.07) is 11.0. The molecule has 2 aromatic rings. The van der Waals surface area contributed by atoms with Gasteiger partial charge in [0.2, 0.25) is 0 Å². The topological polar surface area (TPSA) is 59.9 Å². The molecule has 0 heterocycles. The zero-order chi connectivity index (χ0) is 18.2. The Hall–Kier alpha value is -2.34. The van der Waals surface area contributed by atoms with Crippen LogP contribution < -0.4 is 14.9 Å². The Labute approximate surface area is 156 Å². The van der Waals surface area contributed by atoms with Crippen LogP contribution in [-0.2, 0) is 0 Å². The van der Waals surface area contributed by atoms with Gasteiger partial charge in [0.05, 0.1) is 24.4 Å². The molecule has 0 aliphatic rings. The van der Waals surface area contributed by atoms with Crippen LogP contribution in [0, 0.1) is 6.92 Å². The Balaban J connectivity index is 2.12. The number of hydrogen-bond donors (Lipinski definition) is 1. The van der Waals surface area contributed by atoms with E-state index in [2.05, 4.69) is 26.5 Å². The number of benzene rings is 2. The third kappa shape index (κ3) is 5.06. The van der Waals surface area contributed by atoms with Gasteiger partial charge in [-0.2, -0.15) is 5.10 Å². The second-order valence-corrected chi connectivity index (χ2v) is 6.25. The van der Waals surface area contributed by atoms with E-state index in [0.717, 1.165) is 22.0 Å². The summed E-state index contributed by atoms with van der Waals surface area (Å²) in [5, 5.41) is 4.03. The Bertz CT molecular complexity index is 775. The summed E-state index contributed by atoms with van der Waals surface area (Å²) in [6.45, 7) is 4.53. The van der Waals surface area contributed by atoms with Gasteiger partial charge in [0, 0.05) is 5.56 Å². The molecule has 0 aliphatic heterocycles. The summed E-state index contributed by atoms with van der Waals surface area (Å²) in [5.41, 5.74) is 4.81. The SMILES string of the molecule is CCCOc1c(Br)cc(/C=N\NC(=O)c2ccccc2C)cc1OC. The van der Waals surface area contributed by atoms with Gasteiger partial charge < -0.3 is 9.47 Å². The number of methoxy groups -OCH3 is 1. The summed E-state index contributed by atoms with van der Waals surface area (Å²) < 4.78 is 11.8. The number of halogens is 1. The summed E-state index contributed by atoms with van der Waals surface area (Å²) in [4.78, 5) is 12.1.